The van der Waals surface area contributed by atoms with Crippen molar-refractivity contribution in [3.63, 3.8) is 0 Å². The van der Waals surface area contributed by atoms with Gasteiger partial charge in [0.2, 0.25) is 5.91 Å². The minimum Gasteiger partial charge on any atom is -0.284 e. The van der Waals surface area contributed by atoms with Gasteiger partial charge in [-0.25, -0.2) is 0 Å². The molecule has 0 saturated carbocycles. The zero-order valence-electron chi connectivity index (χ0n) is 14.7. The second-order valence-corrected chi connectivity index (χ2v) is 7.07. The fraction of sp³-hybridized carbons (Fsp3) is 0.211. The van der Waals surface area contributed by atoms with Gasteiger partial charge in [-0.2, -0.15) is 5.10 Å². The third-order valence-corrected chi connectivity index (χ3v) is 5.34. The van der Waals surface area contributed by atoms with Crippen LogP contribution in [0.4, 0.5) is 5.69 Å². The van der Waals surface area contributed by atoms with Gasteiger partial charge < -0.3 is 0 Å². The number of non-ortho nitro benzene ring substituents is 1. The zero-order chi connectivity index (χ0) is 19.2. The Bertz CT molecular complexity index is 899. The molecule has 1 aliphatic heterocycles. The van der Waals surface area contributed by atoms with Gasteiger partial charge in [-0.3, -0.25) is 19.8 Å². The van der Waals surface area contributed by atoms with Crippen LogP contribution in [0.5, 0.6) is 0 Å². The predicted molar refractivity (Wildman–Crippen MR) is 107 cm³/mol. The third-order valence-electron chi connectivity index (χ3n) is 4.01. The van der Waals surface area contributed by atoms with Crippen molar-refractivity contribution in [1.82, 2.24) is 4.90 Å². The van der Waals surface area contributed by atoms with E-state index in [9.17, 15) is 14.9 Å². The Morgan fingerprint density at radius 1 is 1.22 bits per heavy atom. The number of benzene rings is 2. The van der Waals surface area contributed by atoms with E-state index in [1.165, 1.54) is 30.1 Å². The lowest BCUT2D eigenvalue weighted by molar-refractivity contribution is -0.384. The molecule has 0 N–H and O–H groups in total. The summed E-state index contributed by atoms with van der Waals surface area (Å²) in [5, 5.41) is 19.5. The molecule has 3 rings (SSSR count). The van der Waals surface area contributed by atoms with Crippen molar-refractivity contribution < 1.29 is 9.72 Å². The summed E-state index contributed by atoms with van der Waals surface area (Å²) in [6, 6.07) is 15.8. The summed E-state index contributed by atoms with van der Waals surface area (Å²) < 4.78 is 0. The van der Waals surface area contributed by atoms with E-state index < -0.39 is 4.92 Å². The number of thioether (sulfide) groups is 1. The largest absolute Gasteiger partial charge is 0.284 e. The lowest BCUT2D eigenvalue weighted by Gasteiger charge is -2.15. The number of hydrogen-bond acceptors (Lipinski definition) is 6. The molecular formula is C19H18N4O3S. The normalized spacial score (nSPS) is 18.6. The minimum atomic E-state index is -0.456. The number of carbonyl (C=O) groups excluding carboxylic acids is 1. The van der Waals surface area contributed by atoms with Crippen molar-refractivity contribution in [2.24, 2.45) is 10.2 Å². The second-order valence-electron chi connectivity index (χ2n) is 5.90. The van der Waals surface area contributed by atoms with Crippen LogP contribution >= 0.6 is 11.8 Å². The number of hydrogen-bond donors (Lipinski definition) is 0. The van der Waals surface area contributed by atoms with Crippen molar-refractivity contribution in [3.05, 3.63) is 75.8 Å². The Kier molecular flexibility index (Phi) is 5.97. The highest BCUT2D eigenvalue weighted by Crippen LogP contribution is 2.30. The lowest BCUT2D eigenvalue weighted by atomic mass is 10.2. The molecule has 1 heterocycles. The van der Waals surface area contributed by atoms with E-state index in [0.717, 1.165) is 5.56 Å². The van der Waals surface area contributed by atoms with Crippen LogP contribution in [0.15, 0.2) is 64.8 Å². The van der Waals surface area contributed by atoms with Crippen LogP contribution in [0.3, 0.4) is 0 Å². The zero-order valence-corrected chi connectivity index (χ0v) is 15.5. The Morgan fingerprint density at radius 2 is 2.00 bits per heavy atom. The Labute approximate surface area is 160 Å². The molecule has 1 saturated heterocycles. The molecule has 0 unspecified atom stereocenters. The van der Waals surface area contributed by atoms with E-state index in [0.29, 0.717) is 23.7 Å². The summed E-state index contributed by atoms with van der Waals surface area (Å²) in [6.45, 7) is 2.40. The Morgan fingerprint density at radius 3 is 2.70 bits per heavy atom. The van der Waals surface area contributed by atoms with Crippen LogP contribution in [-0.2, 0) is 11.3 Å². The van der Waals surface area contributed by atoms with Gasteiger partial charge in [0.1, 0.15) is 0 Å². The van der Waals surface area contributed by atoms with E-state index in [-0.39, 0.29) is 16.8 Å². The number of amides is 1. The lowest BCUT2D eigenvalue weighted by Crippen LogP contribution is -2.31. The van der Waals surface area contributed by atoms with Gasteiger partial charge in [0, 0.05) is 17.7 Å². The molecule has 138 valence electrons. The van der Waals surface area contributed by atoms with Gasteiger partial charge in [0.15, 0.2) is 5.17 Å². The molecule has 1 aliphatic rings. The van der Waals surface area contributed by atoms with Crippen LogP contribution in [0.1, 0.15) is 24.5 Å². The highest BCUT2D eigenvalue weighted by Gasteiger charge is 2.36. The molecule has 0 radical (unpaired) electrons. The number of nitro groups is 1. The SMILES string of the molecule is CC[C@@H]1S/C(=N\N=C/c2cccc([N+](=O)[O-])c2)N(Cc2ccccc2)C1=O. The van der Waals surface area contributed by atoms with E-state index in [1.807, 2.05) is 37.3 Å². The van der Waals surface area contributed by atoms with Gasteiger partial charge >= 0.3 is 0 Å². The highest BCUT2D eigenvalue weighted by atomic mass is 32.2. The molecule has 1 amide bonds. The van der Waals surface area contributed by atoms with Crippen molar-refractivity contribution in [1.29, 1.82) is 0 Å². The summed E-state index contributed by atoms with van der Waals surface area (Å²) in [4.78, 5) is 24.6. The molecule has 0 aliphatic carbocycles. The summed E-state index contributed by atoms with van der Waals surface area (Å²) in [5.41, 5.74) is 1.58. The average molecular weight is 382 g/mol. The number of rotatable bonds is 6. The molecule has 1 fully saturated rings. The number of carbonyl (C=O) groups is 1. The van der Waals surface area contributed by atoms with E-state index >= 15 is 0 Å². The van der Waals surface area contributed by atoms with Crippen LogP contribution in [0, 0.1) is 10.1 Å². The first kappa shape index (κ1) is 18.8. The van der Waals surface area contributed by atoms with Crippen molar-refractivity contribution in [3.8, 4) is 0 Å². The first-order valence-electron chi connectivity index (χ1n) is 8.46. The van der Waals surface area contributed by atoms with Crippen molar-refractivity contribution in [2.75, 3.05) is 0 Å². The highest BCUT2D eigenvalue weighted by molar-refractivity contribution is 8.15. The average Bonchev–Trinajstić information content (AvgIpc) is 2.98. The van der Waals surface area contributed by atoms with Gasteiger partial charge in [-0.05, 0) is 12.0 Å². The van der Waals surface area contributed by atoms with Gasteiger partial charge in [0.25, 0.3) is 5.69 Å². The van der Waals surface area contributed by atoms with Gasteiger partial charge in [0.05, 0.1) is 22.9 Å². The van der Waals surface area contributed by atoms with E-state index in [4.69, 9.17) is 0 Å². The van der Waals surface area contributed by atoms with Crippen LogP contribution in [-0.4, -0.2) is 32.4 Å². The maximum absolute atomic E-state index is 12.6. The molecule has 0 spiro atoms. The molecule has 8 heteroatoms. The summed E-state index contributed by atoms with van der Waals surface area (Å²) in [6.07, 6.45) is 2.16. The number of nitro benzene ring substituents is 1. The van der Waals surface area contributed by atoms with Crippen LogP contribution in [0.2, 0.25) is 0 Å². The van der Waals surface area contributed by atoms with E-state index in [1.54, 1.807) is 17.0 Å². The monoisotopic (exact) mass is 382 g/mol. The first-order chi connectivity index (χ1) is 13.1. The fourth-order valence-corrected chi connectivity index (χ4v) is 3.65. The Balaban J connectivity index is 1.80. The Hall–Kier alpha value is -3.00. The van der Waals surface area contributed by atoms with Crippen LogP contribution < -0.4 is 0 Å². The molecule has 1 atom stereocenters. The summed E-state index contributed by atoms with van der Waals surface area (Å²) in [7, 11) is 0. The van der Waals surface area contributed by atoms with Crippen molar-refractivity contribution in [2.45, 2.75) is 25.1 Å². The summed E-state index contributed by atoms with van der Waals surface area (Å²) >= 11 is 1.39. The van der Waals surface area contributed by atoms with Crippen molar-refractivity contribution >= 4 is 34.7 Å². The van der Waals surface area contributed by atoms with Crippen LogP contribution in [0.25, 0.3) is 0 Å². The molecule has 27 heavy (non-hydrogen) atoms. The molecule has 2 aromatic rings. The maximum Gasteiger partial charge on any atom is 0.270 e. The molecule has 7 nitrogen and oxygen atoms in total. The first-order valence-corrected chi connectivity index (χ1v) is 9.34. The minimum absolute atomic E-state index is 0.00577. The second kappa shape index (κ2) is 8.59. The van der Waals surface area contributed by atoms with E-state index in [2.05, 4.69) is 10.2 Å². The molecular weight excluding hydrogens is 364 g/mol. The number of nitrogens with zero attached hydrogens (tertiary/aromatic N) is 4. The van der Waals surface area contributed by atoms with Gasteiger partial charge in [-0.1, -0.05) is 61.2 Å². The standard InChI is InChI=1S/C19H18N4O3S/c1-2-17-18(24)22(13-14-7-4-3-5-8-14)19(27-17)21-20-12-15-9-6-10-16(11-15)23(25)26/h3-12,17H,2,13H2,1H3/b20-12-,21-19-/t17-/m0/s1. The smallest absolute Gasteiger partial charge is 0.270 e. The van der Waals surface area contributed by atoms with Gasteiger partial charge in [-0.15, -0.1) is 5.10 Å². The predicted octanol–water partition coefficient (Wildman–Crippen LogP) is 3.84. The number of amidine groups is 1. The summed E-state index contributed by atoms with van der Waals surface area (Å²) in [5.74, 6) is 0.0238. The molecule has 2 aromatic carbocycles. The fourth-order valence-electron chi connectivity index (χ4n) is 2.62. The maximum atomic E-state index is 12.6. The quantitative estimate of drug-likeness (QED) is 0.431. The molecule has 0 aromatic heterocycles. The topological polar surface area (TPSA) is 88.2 Å². The third kappa shape index (κ3) is 4.59. The molecule has 0 bridgehead atoms.